The van der Waals surface area contributed by atoms with Gasteiger partial charge in [-0.15, -0.1) is 12.4 Å². The second kappa shape index (κ2) is 14.3. The van der Waals surface area contributed by atoms with E-state index in [0.29, 0.717) is 43.0 Å². The second-order valence-corrected chi connectivity index (χ2v) is 9.12. The largest absolute Gasteiger partial charge is 0.494 e. The highest BCUT2D eigenvalue weighted by Gasteiger charge is 2.34. The molecule has 0 fully saturated rings. The molecule has 0 aliphatic heterocycles. The zero-order valence-corrected chi connectivity index (χ0v) is 22.0. The van der Waals surface area contributed by atoms with Crippen molar-refractivity contribution < 1.29 is 27.8 Å². The first kappa shape index (κ1) is 30.5. The molecule has 0 aromatic heterocycles. The lowest BCUT2D eigenvalue weighted by atomic mass is 10.00. The van der Waals surface area contributed by atoms with Crippen LogP contribution in [0.2, 0.25) is 5.02 Å². The van der Waals surface area contributed by atoms with E-state index in [1.807, 2.05) is 30.3 Å². The summed E-state index contributed by atoms with van der Waals surface area (Å²) in [5, 5.41) is 8.70. The standard InChI is InChI=1S/C28H29ClF3NO3.ClH/c1-20(22-9-3-2-4-10-22)18-33(19-23-11-6-13-25(27(23)29)28(30,31)32)14-7-15-36-24-12-5-8-21(16-24)17-26(34)35;/h2-6,8-13,16,20H,7,14-15,17-19H2,1H3,(H,34,35);1H/t20-;/m0./s1. The van der Waals surface area contributed by atoms with Crippen LogP contribution in [0.25, 0.3) is 0 Å². The molecule has 1 N–H and O–H groups in total. The molecular formula is C28H30Cl2F3NO3. The maximum Gasteiger partial charge on any atom is 0.417 e. The summed E-state index contributed by atoms with van der Waals surface area (Å²) >= 11 is 6.17. The van der Waals surface area contributed by atoms with Crippen LogP contribution in [0.15, 0.2) is 72.8 Å². The summed E-state index contributed by atoms with van der Waals surface area (Å²) in [6, 6.07) is 20.9. The Hall–Kier alpha value is -2.74. The van der Waals surface area contributed by atoms with Crippen LogP contribution in [0.3, 0.4) is 0 Å². The van der Waals surface area contributed by atoms with E-state index < -0.39 is 17.7 Å². The molecule has 0 saturated heterocycles. The molecule has 0 aliphatic rings. The van der Waals surface area contributed by atoms with Gasteiger partial charge in [0.1, 0.15) is 5.75 Å². The predicted molar refractivity (Wildman–Crippen MR) is 142 cm³/mol. The lowest BCUT2D eigenvalue weighted by Gasteiger charge is -2.27. The summed E-state index contributed by atoms with van der Waals surface area (Å²) < 4.78 is 45.9. The molecule has 9 heteroatoms. The number of carbonyl (C=O) groups is 1. The van der Waals surface area contributed by atoms with E-state index in [1.54, 1.807) is 30.3 Å². The molecule has 0 aliphatic carbocycles. The number of nitrogens with zero attached hydrogens (tertiary/aromatic N) is 1. The van der Waals surface area contributed by atoms with Gasteiger partial charge >= 0.3 is 12.1 Å². The Morgan fingerprint density at radius 2 is 1.76 bits per heavy atom. The van der Waals surface area contributed by atoms with Gasteiger partial charge in [0.15, 0.2) is 0 Å². The number of carboxylic acids is 1. The Labute approximate surface area is 226 Å². The molecule has 1 atom stereocenters. The van der Waals surface area contributed by atoms with Gasteiger partial charge in [-0.3, -0.25) is 9.69 Å². The van der Waals surface area contributed by atoms with Crippen LogP contribution in [0.1, 0.15) is 41.5 Å². The molecule has 0 amide bonds. The topological polar surface area (TPSA) is 49.8 Å². The number of benzene rings is 3. The van der Waals surface area contributed by atoms with E-state index in [4.69, 9.17) is 21.4 Å². The molecule has 3 aromatic rings. The van der Waals surface area contributed by atoms with Crippen molar-refractivity contribution in [2.75, 3.05) is 19.7 Å². The Kier molecular flexibility index (Phi) is 11.8. The van der Waals surface area contributed by atoms with Gasteiger partial charge in [0.25, 0.3) is 0 Å². The van der Waals surface area contributed by atoms with Gasteiger partial charge in [-0.05, 0) is 47.2 Å². The van der Waals surface area contributed by atoms with E-state index in [2.05, 4.69) is 11.8 Å². The predicted octanol–water partition coefficient (Wildman–Crippen LogP) is 7.48. The van der Waals surface area contributed by atoms with Crippen molar-refractivity contribution >= 4 is 30.0 Å². The summed E-state index contributed by atoms with van der Waals surface area (Å²) in [6.07, 6.45) is -3.97. The minimum atomic E-state index is -4.52. The molecule has 0 spiro atoms. The quantitative estimate of drug-likeness (QED) is 0.235. The number of rotatable bonds is 12. The maximum absolute atomic E-state index is 13.4. The van der Waals surface area contributed by atoms with Crippen LogP contribution >= 0.6 is 24.0 Å². The first-order valence-electron chi connectivity index (χ1n) is 11.7. The van der Waals surface area contributed by atoms with Crippen molar-refractivity contribution in [3.63, 3.8) is 0 Å². The third-order valence-corrected chi connectivity index (χ3v) is 6.27. The number of halogens is 5. The van der Waals surface area contributed by atoms with E-state index in [0.717, 1.165) is 11.6 Å². The Morgan fingerprint density at radius 3 is 2.43 bits per heavy atom. The van der Waals surface area contributed by atoms with Gasteiger partial charge in [0, 0.05) is 19.6 Å². The molecule has 3 aromatic carbocycles. The van der Waals surface area contributed by atoms with Crippen LogP contribution in [0.4, 0.5) is 13.2 Å². The van der Waals surface area contributed by atoms with E-state index in [1.165, 1.54) is 6.07 Å². The molecule has 0 saturated carbocycles. The summed E-state index contributed by atoms with van der Waals surface area (Å²) in [4.78, 5) is 13.0. The third-order valence-electron chi connectivity index (χ3n) is 5.82. The minimum Gasteiger partial charge on any atom is -0.494 e. The van der Waals surface area contributed by atoms with Crippen LogP contribution in [-0.4, -0.2) is 35.7 Å². The molecule has 200 valence electrons. The minimum absolute atomic E-state index is 0. The first-order chi connectivity index (χ1) is 17.1. The monoisotopic (exact) mass is 555 g/mol. The fraction of sp³-hybridized carbons (Fsp3) is 0.321. The van der Waals surface area contributed by atoms with Gasteiger partial charge in [-0.2, -0.15) is 13.2 Å². The van der Waals surface area contributed by atoms with Gasteiger partial charge in [0.2, 0.25) is 0 Å². The molecule has 3 rings (SSSR count). The number of aliphatic carboxylic acids is 1. The number of ether oxygens (including phenoxy) is 1. The fourth-order valence-corrected chi connectivity index (χ4v) is 4.36. The summed E-state index contributed by atoms with van der Waals surface area (Å²) in [7, 11) is 0. The summed E-state index contributed by atoms with van der Waals surface area (Å²) in [6.45, 7) is 3.95. The second-order valence-electron chi connectivity index (χ2n) is 8.74. The number of alkyl halides is 3. The fourth-order valence-electron chi connectivity index (χ4n) is 4.07. The van der Waals surface area contributed by atoms with Crippen LogP contribution in [0, 0.1) is 0 Å². The van der Waals surface area contributed by atoms with Gasteiger partial charge in [-0.1, -0.05) is 73.1 Å². The average Bonchev–Trinajstić information content (AvgIpc) is 2.82. The highest BCUT2D eigenvalue weighted by Crippen LogP contribution is 2.36. The van der Waals surface area contributed by atoms with Crippen molar-refractivity contribution in [3.8, 4) is 5.75 Å². The molecule has 37 heavy (non-hydrogen) atoms. The van der Waals surface area contributed by atoms with Gasteiger partial charge in [0.05, 0.1) is 23.6 Å². The highest BCUT2D eigenvalue weighted by atomic mass is 35.5. The lowest BCUT2D eigenvalue weighted by Crippen LogP contribution is -2.30. The highest BCUT2D eigenvalue weighted by molar-refractivity contribution is 6.32. The number of hydrogen-bond donors (Lipinski definition) is 1. The van der Waals surface area contributed by atoms with E-state index in [-0.39, 0.29) is 36.3 Å². The molecule has 0 radical (unpaired) electrons. The molecule has 0 unspecified atom stereocenters. The molecule has 0 heterocycles. The Balaban J connectivity index is 0.00000481. The van der Waals surface area contributed by atoms with E-state index in [9.17, 15) is 18.0 Å². The van der Waals surface area contributed by atoms with Crippen molar-refractivity contribution in [1.29, 1.82) is 0 Å². The van der Waals surface area contributed by atoms with Gasteiger partial charge in [-0.25, -0.2) is 0 Å². The van der Waals surface area contributed by atoms with Crippen molar-refractivity contribution in [2.45, 2.75) is 38.4 Å². The number of carboxylic acid groups (broad SMARTS) is 1. The van der Waals surface area contributed by atoms with Crippen molar-refractivity contribution in [3.05, 3.63) is 100 Å². The van der Waals surface area contributed by atoms with Crippen molar-refractivity contribution in [2.24, 2.45) is 0 Å². The maximum atomic E-state index is 13.4. The van der Waals surface area contributed by atoms with Crippen LogP contribution in [-0.2, 0) is 23.9 Å². The Bertz CT molecular complexity index is 1140. The smallest absolute Gasteiger partial charge is 0.417 e. The SMILES string of the molecule is C[C@@H](CN(CCCOc1cccc(CC(=O)O)c1)Cc1cccc(C(F)(F)F)c1Cl)c1ccccc1.Cl. The molecule has 0 bridgehead atoms. The number of hydrogen-bond acceptors (Lipinski definition) is 3. The van der Waals surface area contributed by atoms with Crippen molar-refractivity contribution in [1.82, 2.24) is 4.90 Å². The van der Waals surface area contributed by atoms with Gasteiger partial charge < -0.3 is 9.84 Å². The van der Waals surface area contributed by atoms with Crippen LogP contribution < -0.4 is 4.74 Å². The third kappa shape index (κ3) is 9.58. The normalized spacial score (nSPS) is 12.2. The Morgan fingerprint density at radius 1 is 1.05 bits per heavy atom. The summed E-state index contributed by atoms with van der Waals surface area (Å²) in [5.74, 6) is -0.174. The zero-order valence-electron chi connectivity index (χ0n) is 20.4. The first-order valence-corrected chi connectivity index (χ1v) is 12.1. The molecular weight excluding hydrogens is 526 g/mol. The summed E-state index contributed by atoms with van der Waals surface area (Å²) in [5.41, 5.74) is 1.39. The average molecular weight is 556 g/mol. The molecule has 4 nitrogen and oxygen atoms in total. The van der Waals surface area contributed by atoms with Crippen LogP contribution in [0.5, 0.6) is 5.75 Å². The zero-order chi connectivity index (χ0) is 26.1. The van der Waals surface area contributed by atoms with E-state index >= 15 is 0 Å². The lowest BCUT2D eigenvalue weighted by molar-refractivity contribution is -0.138.